The highest BCUT2D eigenvalue weighted by Crippen LogP contribution is 2.30. The van der Waals surface area contributed by atoms with Gasteiger partial charge >= 0.3 is 0 Å². The molecule has 2 N–H and O–H groups in total. The van der Waals surface area contributed by atoms with Crippen molar-refractivity contribution in [3.05, 3.63) is 47.5 Å². The summed E-state index contributed by atoms with van der Waals surface area (Å²) in [6.45, 7) is 4.83. The van der Waals surface area contributed by atoms with Crippen molar-refractivity contribution < 1.29 is 4.74 Å². The number of benzene rings is 1. The molecule has 1 aliphatic rings. The van der Waals surface area contributed by atoms with Crippen molar-refractivity contribution in [2.45, 2.75) is 51.8 Å². The molecule has 0 bridgehead atoms. The molecule has 1 aliphatic carbocycles. The number of imidazole rings is 1. The maximum atomic E-state index is 6.15. The number of aromatic nitrogens is 2. The van der Waals surface area contributed by atoms with Gasteiger partial charge in [-0.2, -0.15) is 0 Å². The molecule has 4 nitrogen and oxygen atoms in total. The molecule has 0 saturated heterocycles. The molecule has 2 aromatic rings. The number of nitrogens with zero attached hydrogens (tertiary/aromatic N) is 2. The third kappa shape index (κ3) is 2.95. The lowest BCUT2D eigenvalue weighted by molar-refractivity contribution is 0.291. The molecule has 112 valence electrons. The molecule has 0 amide bonds. The maximum Gasteiger partial charge on any atom is 0.130 e. The zero-order valence-corrected chi connectivity index (χ0v) is 12.7. The van der Waals surface area contributed by atoms with Gasteiger partial charge in [-0.15, -0.1) is 0 Å². The van der Waals surface area contributed by atoms with Crippen molar-refractivity contribution in [2.75, 3.05) is 0 Å². The summed E-state index contributed by atoms with van der Waals surface area (Å²) in [5.74, 6) is 0.916. The number of rotatable bonds is 4. The topological polar surface area (TPSA) is 53.1 Å². The van der Waals surface area contributed by atoms with Crippen molar-refractivity contribution in [1.29, 1.82) is 0 Å². The van der Waals surface area contributed by atoms with Crippen LogP contribution in [0.4, 0.5) is 0 Å². The summed E-state index contributed by atoms with van der Waals surface area (Å²) < 4.78 is 8.07. The van der Waals surface area contributed by atoms with Crippen LogP contribution in [-0.2, 0) is 13.0 Å². The van der Waals surface area contributed by atoms with Crippen LogP contribution in [0.5, 0.6) is 5.75 Å². The van der Waals surface area contributed by atoms with E-state index in [4.69, 9.17) is 10.5 Å². The predicted molar refractivity (Wildman–Crippen MR) is 83.3 cm³/mol. The molecule has 0 fully saturated rings. The first-order valence-corrected chi connectivity index (χ1v) is 7.67. The van der Waals surface area contributed by atoms with Gasteiger partial charge in [-0.1, -0.05) is 6.07 Å². The molecule has 1 atom stereocenters. The quantitative estimate of drug-likeness (QED) is 0.937. The highest BCUT2D eigenvalue weighted by molar-refractivity contribution is 5.38. The van der Waals surface area contributed by atoms with Crippen LogP contribution in [0.25, 0.3) is 0 Å². The van der Waals surface area contributed by atoms with Gasteiger partial charge in [-0.25, -0.2) is 4.98 Å². The van der Waals surface area contributed by atoms with Gasteiger partial charge in [0.1, 0.15) is 12.4 Å². The summed E-state index contributed by atoms with van der Waals surface area (Å²) in [6, 6.07) is 6.87. The molecule has 1 heterocycles. The standard InChI is InChI=1S/C17H23N3O/c1-12(2)20-11-19-9-14(20)10-21-15-6-7-16-13(8-15)4-3-5-17(16)18/h6-9,11-12,17H,3-5,10,18H2,1-2H3. The summed E-state index contributed by atoms with van der Waals surface area (Å²) in [4.78, 5) is 4.20. The van der Waals surface area contributed by atoms with Crippen LogP contribution >= 0.6 is 0 Å². The number of hydrogen-bond donors (Lipinski definition) is 1. The summed E-state index contributed by atoms with van der Waals surface area (Å²) in [7, 11) is 0. The second kappa shape index (κ2) is 5.90. The van der Waals surface area contributed by atoms with E-state index in [1.807, 2.05) is 18.6 Å². The maximum absolute atomic E-state index is 6.15. The van der Waals surface area contributed by atoms with E-state index >= 15 is 0 Å². The fourth-order valence-corrected chi connectivity index (χ4v) is 2.98. The smallest absolute Gasteiger partial charge is 0.130 e. The van der Waals surface area contributed by atoms with Crippen LogP contribution in [0.3, 0.4) is 0 Å². The van der Waals surface area contributed by atoms with E-state index in [9.17, 15) is 0 Å². The van der Waals surface area contributed by atoms with Crippen LogP contribution in [0.15, 0.2) is 30.7 Å². The van der Waals surface area contributed by atoms with Gasteiger partial charge in [-0.05, 0) is 56.4 Å². The molecule has 1 aromatic heterocycles. The Morgan fingerprint density at radius 3 is 3.10 bits per heavy atom. The lowest BCUT2D eigenvalue weighted by Crippen LogP contribution is -2.17. The molecule has 0 aliphatic heterocycles. The van der Waals surface area contributed by atoms with Gasteiger partial charge in [0.05, 0.1) is 18.2 Å². The van der Waals surface area contributed by atoms with Gasteiger partial charge in [0, 0.05) is 12.1 Å². The fraction of sp³-hybridized carbons (Fsp3) is 0.471. The van der Waals surface area contributed by atoms with Gasteiger partial charge in [0.2, 0.25) is 0 Å². The van der Waals surface area contributed by atoms with Crippen molar-refractivity contribution in [1.82, 2.24) is 9.55 Å². The molecular formula is C17H23N3O. The summed E-state index contributed by atoms with van der Waals surface area (Å²) in [5.41, 5.74) is 9.86. The average Bonchev–Trinajstić information content (AvgIpc) is 2.94. The van der Waals surface area contributed by atoms with Gasteiger partial charge in [0.25, 0.3) is 0 Å². The Bertz CT molecular complexity index is 618. The Morgan fingerprint density at radius 1 is 1.43 bits per heavy atom. The first-order valence-electron chi connectivity index (χ1n) is 7.67. The number of aryl methyl sites for hydroxylation is 1. The molecule has 0 radical (unpaired) electrons. The van der Waals surface area contributed by atoms with Gasteiger partial charge in [-0.3, -0.25) is 0 Å². The molecule has 4 heteroatoms. The zero-order chi connectivity index (χ0) is 14.8. The molecule has 21 heavy (non-hydrogen) atoms. The van der Waals surface area contributed by atoms with Crippen molar-refractivity contribution >= 4 is 0 Å². The monoisotopic (exact) mass is 285 g/mol. The Kier molecular flexibility index (Phi) is 3.97. The van der Waals surface area contributed by atoms with Crippen molar-refractivity contribution in [3.63, 3.8) is 0 Å². The average molecular weight is 285 g/mol. The number of nitrogens with two attached hydrogens (primary N) is 1. The van der Waals surface area contributed by atoms with Crippen LogP contribution in [0, 0.1) is 0 Å². The van der Waals surface area contributed by atoms with E-state index in [2.05, 4.69) is 35.5 Å². The summed E-state index contributed by atoms with van der Waals surface area (Å²) >= 11 is 0. The molecule has 1 aromatic carbocycles. The Balaban J connectivity index is 1.72. The first-order chi connectivity index (χ1) is 10.1. The third-order valence-electron chi connectivity index (χ3n) is 4.16. The van der Waals surface area contributed by atoms with Crippen LogP contribution in [-0.4, -0.2) is 9.55 Å². The van der Waals surface area contributed by atoms with E-state index in [1.54, 1.807) is 0 Å². The first kappa shape index (κ1) is 14.1. The molecule has 0 saturated carbocycles. The SMILES string of the molecule is CC(C)n1cncc1COc1ccc2c(c1)CCCC2N. The van der Waals surface area contributed by atoms with E-state index in [0.717, 1.165) is 30.7 Å². The van der Waals surface area contributed by atoms with Crippen LogP contribution < -0.4 is 10.5 Å². The highest BCUT2D eigenvalue weighted by Gasteiger charge is 2.17. The number of fused-ring (bicyclic) bond motifs is 1. The molecule has 1 unspecified atom stereocenters. The largest absolute Gasteiger partial charge is 0.487 e. The summed E-state index contributed by atoms with van der Waals surface area (Å²) in [5, 5.41) is 0. The minimum atomic E-state index is 0.185. The fourth-order valence-electron chi connectivity index (χ4n) is 2.98. The number of hydrogen-bond acceptors (Lipinski definition) is 3. The number of ether oxygens (including phenoxy) is 1. The van der Waals surface area contributed by atoms with Crippen LogP contribution in [0.2, 0.25) is 0 Å². The lowest BCUT2D eigenvalue weighted by atomic mass is 9.88. The second-order valence-electron chi connectivity index (χ2n) is 6.03. The second-order valence-corrected chi connectivity index (χ2v) is 6.03. The minimum absolute atomic E-state index is 0.185. The van der Waals surface area contributed by atoms with E-state index in [1.165, 1.54) is 11.1 Å². The van der Waals surface area contributed by atoms with Crippen molar-refractivity contribution in [3.8, 4) is 5.75 Å². The van der Waals surface area contributed by atoms with E-state index < -0.39 is 0 Å². The lowest BCUT2D eigenvalue weighted by Gasteiger charge is -2.22. The highest BCUT2D eigenvalue weighted by atomic mass is 16.5. The Labute approximate surface area is 125 Å². The molecule has 0 spiro atoms. The minimum Gasteiger partial charge on any atom is -0.487 e. The zero-order valence-electron chi connectivity index (χ0n) is 12.7. The Hall–Kier alpha value is -1.81. The predicted octanol–water partition coefficient (Wildman–Crippen LogP) is 3.38. The van der Waals surface area contributed by atoms with E-state index in [-0.39, 0.29) is 6.04 Å². The summed E-state index contributed by atoms with van der Waals surface area (Å²) in [6.07, 6.45) is 7.08. The van der Waals surface area contributed by atoms with Gasteiger partial charge < -0.3 is 15.0 Å². The normalized spacial score (nSPS) is 17.8. The van der Waals surface area contributed by atoms with Crippen LogP contribution in [0.1, 0.15) is 55.6 Å². The van der Waals surface area contributed by atoms with Gasteiger partial charge in [0.15, 0.2) is 0 Å². The Morgan fingerprint density at radius 2 is 2.29 bits per heavy atom. The molecule has 3 rings (SSSR count). The van der Waals surface area contributed by atoms with E-state index in [0.29, 0.717) is 12.6 Å². The third-order valence-corrected chi connectivity index (χ3v) is 4.16. The van der Waals surface area contributed by atoms with Crippen molar-refractivity contribution in [2.24, 2.45) is 5.73 Å². The molecular weight excluding hydrogens is 262 g/mol.